The van der Waals surface area contributed by atoms with Crippen molar-refractivity contribution in [3.63, 3.8) is 0 Å². The third kappa shape index (κ3) is 3.34. The number of nitrogens with one attached hydrogen (secondary N) is 1. The molecule has 0 unspecified atom stereocenters. The Morgan fingerprint density at radius 3 is 2.25 bits per heavy atom. The predicted octanol–water partition coefficient (Wildman–Crippen LogP) is 3.69. The Kier molecular flexibility index (Phi) is 4.41. The molecule has 4 nitrogen and oxygen atoms in total. The van der Waals surface area contributed by atoms with Gasteiger partial charge in [0.1, 0.15) is 4.21 Å². The van der Waals surface area contributed by atoms with Gasteiger partial charge in [-0.1, -0.05) is 0 Å². The van der Waals surface area contributed by atoms with Crippen LogP contribution in [0.1, 0.15) is 5.56 Å². The first-order chi connectivity index (χ1) is 9.29. The number of anilines is 2. The van der Waals surface area contributed by atoms with Gasteiger partial charge in [-0.05, 0) is 58.7 Å². The van der Waals surface area contributed by atoms with E-state index in [1.807, 2.05) is 38.1 Å². The van der Waals surface area contributed by atoms with Crippen LogP contribution in [0.2, 0.25) is 0 Å². The predicted molar refractivity (Wildman–Crippen MR) is 88.3 cm³/mol. The van der Waals surface area contributed by atoms with Gasteiger partial charge in [0.05, 0.1) is 3.79 Å². The molecule has 2 aromatic rings. The molecule has 0 aliphatic heterocycles. The summed E-state index contributed by atoms with van der Waals surface area (Å²) in [4.78, 5) is 1.96. The molecule has 108 valence electrons. The molecule has 0 saturated carbocycles. The van der Waals surface area contributed by atoms with Crippen LogP contribution in [-0.2, 0) is 10.0 Å². The molecule has 1 N–H and O–H groups in total. The molecule has 0 bridgehead atoms. The SMILES string of the molecule is Cc1cc(S(=O)(=O)Nc2ccc(N(C)C)cc2)sc1Br. The second kappa shape index (κ2) is 5.75. The van der Waals surface area contributed by atoms with Crippen LogP contribution in [0.25, 0.3) is 0 Å². The minimum Gasteiger partial charge on any atom is -0.378 e. The first-order valence-corrected chi connectivity index (χ1v) is 8.95. The van der Waals surface area contributed by atoms with Crippen molar-refractivity contribution in [3.8, 4) is 0 Å². The van der Waals surface area contributed by atoms with Crippen LogP contribution in [0.15, 0.2) is 38.3 Å². The molecule has 20 heavy (non-hydrogen) atoms. The van der Waals surface area contributed by atoms with Crippen molar-refractivity contribution in [1.82, 2.24) is 0 Å². The van der Waals surface area contributed by atoms with Crippen LogP contribution in [0, 0.1) is 6.92 Å². The summed E-state index contributed by atoms with van der Waals surface area (Å²) in [5, 5.41) is 0. The highest BCUT2D eigenvalue weighted by Gasteiger charge is 2.18. The lowest BCUT2D eigenvalue weighted by Gasteiger charge is -2.13. The number of rotatable bonds is 4. The molecular formula is C13H15BrN2O2S2. The van der Waals surface area contributed by atoms with E-state index in [0.717, 1.165) is 15.0 Å². The van der Waals surface area contributed by atoms with Crippen molar-refractivity contribution in [2.75, 3.05) is 23.7 Å². The van der Waals surface area contributed by atoms with Crippen molar-refractivity contribution < 1.29 is 8.42 Å². The van der Waals surface area contributed by atoms with Gasteiger partial charge in [-0.3, -0.25) is 4.72 Å². The summed E-state index contributed by atoms with van der Waals surface area (Å²) in [6, 6.07) is 8.90. The van der Waals surface area contributed by atoms with Crippen LogP contribution in [0.3, 0.4) is 0 Å². The number of halogens is 1. The molecule has 0 aliphatic rings. The van der Waals surface area contributed by atoms with Crippen molar-refractivity contribution >= 4 is 48.7 Å². The molecule has 2 rings (SSSR count). The van der Waals surface area contributed by atoms with E-state index in [0.29, 0.717) is 9.90 Å². The lowest BCUT2D eigenvalue weighted by molar-refractivity contribution is 0.603. The average Bonchev–Trinajstić information content (AvgIpc) is 2.71. The van der Waals surface area contributed by atoms with Gasteiger partial charge in [-0.2, -0.15) is 0 Å². The quantitative estimate of drug-likeness (QED) is 0.887. The molecule has 0 aliphatic carbocycles. The highest BCUT2D eigenvalue weighted by molar-refractivity contribution is 9.11. The number of hydrogen-bond acceptors (Lipinski definition) is 4. The molecule has 0 atom stereocenters. The minimum absolute atomic E-state index is 0.304. The maximum absolute atomic E-state index is 12.3. The van der Waals surface area contributed by atoms with E-state index >= 15 is 0 Å². The van der Waals surface area contributed by atoms with Gasteiger partial charge in [0.2, 0.25) is 0 Å². The van der Waals surface area contributed by atoms with Gasteiger partial charge >= 0.3 is 0 Å². The van der Waals surface area contributed by atoms with Crippen molar-refractivity contribution in [1.29, 1.82) is 0 Å². The molecule has 1 aromatic heterocycles. The molecule has 0 spiro atoms. The Morgan fingerprint density at radius 1 is 1.20 bits per heavy atom. The van der Waals surface area contributed by atoms with Crippen molar-refractivity contribution in [2.24, 2.45) is 0 Å². The summed E-state index contributed by atoms with van der Waals surface area (Å²) in [6.45, 7) is 1.87. The Balaban J connectivity index is 2.24. The highest BCUT2D eigenvalue weighted by atomic mass is 79.9. The Hall–Kier alpha value is -1.05. The Morgan fingerprint density at radius 2 is 1.80 bits per heavy atom. The summed E-state index contributed by atoms with van der Waals surface area (Å²) in [6.07, 6.45) is 0. The third-order valence-electron chi connectivity index (χ3n) is 2.74. The summed E-state index contributed by atoms with van der Waals surface area (Å²) in [7, 11) is 0.348. The van der Waals surface area contributed by atoms with E-state index < -0.39 is 10.0 Å². The Bertz CT molecular complexity index is 687. The summed E-state index contributed by atoms with van der Waals surface area (Å²) in [5.74, 6) is 0. The van der Waals surface area contributed by atoms with Gasteiger partial charge in [-0.15, -0.1) is 11.3 Å². The molecule has 0 saturated heterocycles. The highest BCUT2D eigenvalue weighted by Crippen LogP contribution is 2.31. The largest absolute Gasteiger partial charge is 0.378 e. The number of hydrogen-bond donors (Lipinski definition) is 1. The zero-order valence-corrected chi connectivity index (χ0v) is 14.6. The maximum atomic E-state index is 12.3. The fraction of sp³-hybridized carbons (Fsp3) is 0.231. The van der Waals surface area contributed by atoms with Crippen LogP contribution < -0.4 is 9.62 Å². The molecule has 0 radical (unpaired) electrons. The van der Waals surface area contributed by atoms with Crippen molar-refractivity contribution in [3.05, 3.63) is 39.7 Å². The molecular weight excluding hydrogens is 360 g/mol. The fourth-order valence-corrected chi connectivity index (χ4v) is 4.88. The fourth-order valence-electron chi connectivity index (χ4n) is 1.60. The van der Waals surface area contributed by atoms with E-state index in [4.69, 9.17) is 0 Å². The lowest BCUT2D eigenvalue weighted by atomic mass is 10.3. The standard InChI is InChI=1S/C13H15BrN2O2S2/c1-9-8-12(19-13(9)14)20(17,18)15-10-4-6-11(7-5-10)16(2)3/h4-8,15H,1-3H3. The topological polar surface area (TPSA) is 49.4 Å². The lowest BCUT2D eigenvalue weighted by Crippen LogP contribution is -2.12. The smallest absolute Gasteiger partial charge is 0.271 e. The monoisotopic (exact) mass is 374 g/mol. The van der Waals surface area contributed by atoms with Gasteiger partial charge in [-0.25, -0.2) is 8.42 Å². The summed E-state index contributed by atoms with van der Waals surface area (Å²) >= 11 is 4.55. The zero-order chi connectivity index (χ0) is 14.9. The van der Waals surface area contributed by atoms with E-state index in [-0.39, 0.29) is 0 Å². The molecule has 7 heteroatoms. The van der Waals surface area contributed by atoms with Gasteiger partial charge in [0, 0.05) is 25.5 Å². The second-order valence-corrected chi connectivity index (χ2v) is 8.85. The third-order valence-corrected chi connectivity index (χ3v) is 6.73. The van der Waals surface area contributed by atoms with Gasteiger partial charge in [0.15, 0.2) is 0 Å². The zero-order valence-electron chi connectivity index (χ0n) is 11.3. The average molecular weight is 375 g/mol. The number of aryl methyl sites for hydroxylation is 1. The first-order valence-electron chi connectivity index (χ1n) is 5.86. The molecule has 0 fully saturated rings. The number of thiophene rings is 1. The van der Waals surface area contributed by atoms with E-state index in [2.05, 4.69) is 20.7 Å². The second-order valence-electron chi connectivity index (χ2n) is 4.57. The van der Waals surface area contributed by atoms with Crippen LogP contribution in [0.5, 0.6) is 0 Å². The number of sulfonamides is 1. The van der Waals surface area contributed by atoms with Crippen LogP contribution in [-0.4, -0.2) is 22.5 Å². The molecule has 1 heterocycles. The van der Waals surface area contributed by atoms with E-state index in [1.54, 1.807) is 18.2 Å². The minimum atomic E-state index is -3.52. The number of benzene rings is 1. The normalized spacial score (nSPS) is 11.4. The van der Waals surface area contributed by atoms with E-state index in [9.17, 15) is 8.42 Å². The van der Waals surface area contributed by atoms with Crippen molar-refractivity contribution in [2.45, 2.75) is 11.1 Å². The maximum Gasteiger partial charge on any atom is 0.271 e. The van der Waals surface area contributed by atoms with Gasteiger partial charge < -0.3 is 4.90 Å². The number of nitrogens with zero attached hydrogens (tertiary/aromatic N) is 1. The van der Waals surface area contributed by atoms with Crippen LogP contribution in [0.4, 0.5) is 11.4 Å². The first kappa shape index (κ1) is 15.3. The summed E-state index contributed by atoms with van der Waals surface area (Å²) < 4.78 is 28.2. The molecule has 1 aromatic carbocycles. The molecule has 0 amide bonds. The van der Waals surface area contributed by atoms with E-state index in [1.165, 1.54) is 11.3 Å². The van der Waals surface area contributed by atoms with Gasteiger partial charge in [0.25, 0.3) is 10.0 Å². The summed E-state index contributed by atoms with van der Waals surface area (Å²) in [5.41, 5.74) is 2.48. The Labute approximate surface area is 131 Å². The van der Waals surface area contributed by atoms with Crippen LogP contribution >= 0.6 is 27.3 Å².